The smallest absolute Gasteiger partial charge is 0.238 e. The summed E-state index contributed by atoms with van der Waals surface area (Å²) in [5.41, 5.74) is 9.88. The van der Waals surface area contributed by atoms with Gasteiger partial charge in [0.25, 0.3) is 0 Å². The Morgan fingerprint density at radius 3 is 1.41 bits per heavy atom. The van der Waals surface area contributed by atoms with Crippen molar-refractivity contribution in [1.29, 1.82) is 0 Å². The molecule has 5 nitrogen and oxygen atoms in total. The minimum Gasteiger partial charge on any atom is -0.308 e. The van der Waals surface area contributed by atoms with E-state index in [1.165, 1.54) is 69.0 Å². The summed E-state index contributed by atoms with van der Waals surface area (Å²) in [5.74, 6) is 1.85. The number of nitrogens with zero attached hydrogens (tertiary/aromatic N) is 5. The molecule has 0 spiro atoms. The average Bonchev–Trinajstić information content (AvgIpc) is 4.02. The molecular formula is C57H33N5S. The largest absolute Gasteiger partial charge is 0.308 e. The van der Waals surface area contributed by atoms with Gasteiger partial charge in [-0.1, -0.05) is 152 Å². The third-order valence-corrected chi connectivity index (χ3v) is 14.0. The number of rotatable bonds is 4. The van der Waals surface area contributed by atoms with Crippen molar-refractivity contribution in [2.24, 2.45) is 0 Å². The fourth-order valence-electron chi connectivity index (χ4n) is 10.2. The van der Waals surface area contributed by atoms with E-state index < -0.39 is 0 Å². The molecule has 0 atom stereocenters. The van der Waals surface area contributed by atoms with E-state index in [2.05, 4.69) is 173 Å². The zero-order valence-electron chi connectivity index (χ0n) is 33.7. The highest BCUT2D eigenvalue weighted by Crippen LogP contribution is 2.45. The van der Waals surface area contributed by atoms with Crippen LogP contribution in [0.1, 0.15) is 0 Å². The SMILES string of the molecule is c1ccc(-c2nc(-c3ccccc3)nc(-n3c4ccccc4c4cc(-c5ccc6c(c5)c5cccc7c8cccc9sc%10cccc(c%11ccccc%11n6c75)c%10c98)ccc43)n2)cc1. The molecule has 0 saturated carbocycles. The van der Waals surface area contributed by atoms with Crippen molar-refractivity contribution in [3.63, 3.8) is 0 Å². The molecule has 0 bridgehead atoms. The fourth-order valence-corrected chi connectivity index (χ4v) is 11.4. The first kappa shape index (κ1) is 34.5. The Labute approximate surface area is 364 Å². The predicted octanol–water partition coefficient (Wildman–Crippen LogP) is 15.2. The van der Waals surface area contributed by atoms with Crippen LogP contribution in [0, 0.1) is 0 Å². The van der Waals surface area contributed by atoms with Gasteiger partial charge in [-0.15, -0.1) is 11.3 Å². The molecule has 6 heteroatoms. The maximum Gasteiger partial charge on any atom is 0.238 e. The molecule has 5 aromatic heterocycles. The van der Waals surface area contributed by atoms with Gasteiger partial charge in [0, 0.05) is 63.6 Å². The molecule has 63 heavy (non-hydrogen) atoms. The zero-order valence-corrected chi connectivity index (χ0v) is 34.5. The lowest BCUT2D eigenvalue weighted by atomic mass is 9.99. The summed E-state index contributed by atoms with van der Waals surface area (Å²) < 4.78 is 7.34. The van der Waals surface area contributed by atoms with Gasteiger partial charge in [0.2, 0.25) is 5.95 Å². The molecule has 0 aliphatic heterocycles. The highest BCUT2D eigenvalue weighted by Gasteiger charge is 2.21. The lowest BCUT2D eigenvalue weighted by molar-refractivity contribution is 0.953. The Morgan fingerprint density at radius 2 is 0.762 bits per heavy atom. The van der Waals surface area contributed by atoms with E-state index in [9.17, 15) is 0 Å². The number of hydrogen-bond acceptors (Lipinski definition) is 4. The summed E-state index contributed by atoms with van der Waals surface area (Å²) >= 11 is 1.89. The van der Waals surface area contributed by atoms with Crippen LogP contribution in [-0.2, 0) is 0 Å². The van der Waals surface area contributed by atoms with E-state index in [-0.39, 0.29) is 0 Å². The van der Waals surface area contributed by atoms with Gasteiger partial charge in [-0.2, -0.15) is 9.97 Å². The Hall–Kier alpha value is -8.19. The van der Waals surface area contributed by atoms with Crippen molar-refractivity contribution >= 4 is 102 Å². The van der Waals surface area contributed by atoms with Crippen LogP contribution in [0.2, 0.25) is 0 Å². The lowest BCUT2D eigenvalue weighted by Crippen LogP contribution is -2.06. The van der Waals surface area contributed by atoms with Gasteiger partial charge in [0.15, 0.2) is 11.6 Å². The number of hydrogen-bond donors (Lipinski definition) is 0. The van der Waals surface area contributed by atoms with Gasteiger partial charge in [-0.05, 0) is 70.4 Å². The van der Waals surface area contributed by atoms with Gasteiger partial charge in [0.1, 0.15) is 0 Å². The Morgan fingerprint density at radius 1 is 0.317 bits per heavy atom. The molecule has 0 fully saturated rings. The molecule has 0 saturated heterocycles. The number of fused-ring (bicyclic) bond motifs is 10. The van der Waals surface area contributed by atoms with Crippen LogP contribution >= 0.6 is 11.3 Å². The minimum absolute atomic E-state index is 0.585. The summed E-state index contributed by atoms with van der Waals surface area (Å²) in [6.07, 6.45) is 0. The molecule has 0 amide bonds. The van der Waals surface area contributed by atoms with Crippen LogP contribution in [0.25, 0.3) is 131 Å². The fraction of sp³-hybridized carbons (Fsp3) is 0. The molecule has 9 aromatic carbocycles. The predicted molar refractivity (Wildman–Crippen MR) is 264 cm³/mol. The number of benzene rings is 9. The first-order valence-corrected chi connectivity index (χ1v) is 22.1. The number of thiophene rings is 1. The second-order valence-corrected chi connectivity index (χ2v) is 17.4. The van der Waals surface area contributed by atoms with E-state index in [4.69, 9.17) is 15.0 Å². The molecule has 0 unspecified atom stereocenters. The Kier molecular flexibility index (Phi) is 7.21. The van der Waals surface area contributed by atoms with Crippen LogP contribution in [0.4, 0.5) is 0 Å². The second-order valence-electron chi connectivity index (χ2n) is 16.3. The molecule has 0 N–H and O–H groups in total. The number of aromatic nitrogens is 5. The van der Waals surface area contributed by atoms with Crippen LogP contribution in [0.15, 0.2) is 200 Å². The van der Waals surface area contributed by atoms with Gasteiger partial charge >= 0.3 is 0 Å². The molecular weight excluding hydrogens is 787 g/mol. The standard InChI is InChI=1S/C57H33N5S/c1-3-14-34(15-4-1)55-58-56(35-16-5-2-6-17-35)60-57(59-55)62-47-25-10-8-19-39(47)44-32-36(29-31-49(44)62)37-28-30-48-45(33-37)43-23-11-22-42-41-21-13-27-51-53(41)52-40(20-12-26-50(52)63-51)38-18-7-9-24-46(38)61(48)54(42)43/h1-33H. The average molecular weight is 820 g/mol. The summed E-state index contributed by atoms with van der Waals surface area (Å²) in [6.45, 7) is 0. The Bertz CT molecular complexity index is 4140. The molecule has 0 aliphatic rings. The Balaban J connectivity index is 1.02. The zero-order chi connectivity index (χ0) is 41.2. The summed E-state index contributed by atoms with van der Waals surface area (Å²) in [6, 6.07) is 72.1. The molecule has 14 rings (SSSR count). The monoisotopic (exact) mass is 819 g/mol. The summed E-state index contributed by atoms with van der Waals surface area (Å²) in [7, 11) is 0. The molecule has 0 aliphatic carbocycles. The topological polar surface area (TPSA) is 48.0 Å². The highest BCUT2D eigenvalue weighted by atomic mass is 32.1. The van der Waals surface area contributed by atoms with Crippen molar-refractivity contribution in [2.45, 2.75) is 0 Å². The van der Waals surface area contributed by atoms with Crippen molar-refractivity contribution in [3.05, 3.63) is 200 Å². The van der Waals surface area contributed by atoms with E-state index in [0.29, 0.717) is 17.6 Å². The third kappa shape index (κ3) is 5.01. The van der Waals surface area contributed by atoms with Crippen LogP contribution in [0.3, 0.4) is 0 Å². The first-order valence-electron chi connectivity index (χ1n) is 21.3. The minimum atomic E-state index is 0.585. The summed E-state index contributed by atoms with van der Waals surface area (Å²) in [4.78, 5) is 15.3. The lowest BCUT2D eigenvalue weighted by Gasteiger charge is -2.11. The van der Waals surface area contributed by atoms with Gasteiger partial charge in [-0.25, -0.2) is 4.98 Å². The quantitative estimate of drug-likeness (QED) is 0.178. The van der Waals surface area contributed by atoms with Crippen molar-refractivity contribution in [3.8, 4) is 39.9 Å². The van der Waals surface area contributed by atoms with Crippen LogP contribution in [0.5, 0.6) is 0 Å². The van der Waals surface area contributed by atoms with Crippen molar-refractivity contribution in [1.82, 2.24) is 23.9 Å². The van der Waals surface area contributed by atoms with Crippen molar-refractivity contribution < 1.29 is 0 Å². The van der Waals surface area contributed by atoms with Crippen molar-refractivity contribution in [2.75, 3.05) is 0 Å². The first-order chi connectivity index (χ1) is 31.2. The normalized spacial score (nSPS) is 12.1. The second kappa shape index (κ2) is 13.2. The molecule has 14 aromatic rings. The maximum atomic E-state index is 5.14. The number of para-hydroxylation sites is 3. The van der Waals surface area contributed by atoms with Gasteiger partial charge < -0.3 is 4.40 Å². The molecule has 5 heterocycles. The maximum absolute atomic E-state index is 5.14. The van der Waals surface area contributed by atoms with Gasteiger partial charge in [0.05, 0.1) is 27.6 Å². The van der Waals surface area contributed by atoms with E-state index in [1.54, 1.807) is 0 Å². The summed E-state index contributed by atoms with van der Waals surface area (Å²) in [5, 5.41) is 12.5. The molecule has 292 valence electrons. The van der Waals surface area contributed by atoms with E-state index in [0.717, 1.165) is 44.1 Å². The van der Waals surface area contributed by atoms with E-state index in [1.807, 2.05) is 47.7 Å². The van der Waals surface area contributed by atoms with Crippen LogP contribution < -0.4 is 0 Å². The third-order valence-electron chi connectivity index (χ3n) is 12.9. The van der Waals surface area contributed by atoms with Crippen LogP contribution in [-0.4, -0.2) is 23.9 Å². The molecule has 0 radical (unpaired) electrons. The van der Waals surface area contributed by atoms with E-state index >= 15 is 0 Å². The van der Waals surface area contributed by atoms with Gasteiger partial charge in [-0.3, -0.25) is 4.57 Å². The highest BCUT2D eigenvalue weighted by molar-refractivity contribution is 7.26.